The van der Waals surface area contributed by atoms with Gasteiger partial charge in [0.05, 0.1) is 12.1 Å². The number of aromatic nitrogens is 1. The average molecular weight is 205 g/mol. The molecule has 2 rings (SSSR count). The molecule has 1 aromatic heterocycles. The van der Waals surface area contributed by atoms with Gasteiger partial charge in [-0.2, -0.15) is 0 Å². The molecule has 1 aromatic carbocycles. The molecule has 1 atom stereocenters. The molecule has 0 radical (unpaired) electrons. The van der Waals surface area contributed by atoms with E-state index in [-0.39, 0.29) is 0 Å². The number of nitrogens with zero attached hydrogens (tertiary/aromatic N) is 1. The molecule has 0 bridgehead atoms. The zero-order chi connectivity index (χ0) is 9.80. The Bertz CT molecular complexity index is 430. The van der Waals surface area contributed by atoms with Crippen LogP contribution in [0.15, 0.2) is 36.5 Å². The van der Waals surface area contributed by atoms with E-state index in [4.69, 9.17) is 4.52 Å². The van der Waals surface area contributed by atoms with E-state index in [9.17, 15) is 0 Å². The summed E-state index contributed by atoms with van der Waals surface area (Å²) in [5.41, 5.74) is 2.26. The first-order chi connectivity index (χ1) is 6.90. The molecule has 2 aromatic rings. The van der Waals surface area contributed by atoms with Crippen LogP contribution in [0.4, 0.5) is 0 Å². The zero-order valence-corrected chi connectivity index (χ0v) is 8.97. The third-order valence-electron chi connectivity index (χ3n) is 2.16. The molecule has 0 aliphatic heterocycles. The predicted molar refractivity (Wildman–Crippen MR) is 61.1 cm³/mol. The number of fused-ring (bicyclic) bond motifs is 1. The second-order valence-electron chi connectivity index (χ2n) is 3.16. The van der Waals surface area contributed by atoms with Crippen molar-refractivity contribution in [2.24, 2.45) is 0 Å². The Morgan fingerprint density at radius 3 is 3.00 bits per heavy atom. The van der Waals surface area contributed by atoms with Crippen molar-refractivity contribution in [1.29, 1.82) is 0 Å². The minimum absolute atomic E-state index is 0.713. The maximum absolute atomic E-state index is 4.95. The summed E-state index contributed by atoms with van der Waals surface area (Å²) in [6.45, 7) is 0.713. The lowest BCUT2D eigenvalue weighted by Crippen LogP contribution is -1.92. The fourth-order valence-corrected chi connectivity index (χ4v) is 1.55. The highest BCUT2D eigenvalue weighted by molar-refractivity contribution is 7.09. The van der Waals surface area contributed by atoms with Gasteiger partial charge in [-0.15, -0.1) is 0 Å². The molecule has 3 heteroatoms. The Kier molecular flexibility index (Phi) is 3.07. The van der Waals surface area contributed by atoms with Crippen molar-refractivity contribution in [1.82, 2.24) is 4.98 Å². The minimum atomic E-state index is 0.713. The Balaban J connectivity index is 2.32. The average Bonchev–Trinajstić information content (AvgIpc) is 2.26. The molecule has 0 fully saturated rings. The fourth-order valence-electron chi connectivity index (χ4n) is 1.43. The fraction of sp³-hybridized carbons (Fsp3) is 0.182. The summed E-state index contributed by atoms with van der Waals surface area (Å²) in [6, 6.07) is 10.3. The maximum Gasteiger partial charge on any atom is 0.0702 e. The third kappa shape index (κ3) is 2.09. The van der Waals surface area contributed by atoms with E-state index in [0.717, 1.165) is 11.9 Å². The van der Waals surface area contributed by atoms with Crippen molar-refractivity contribution < 1.29 is 4.52 Å². The summed E-state index contributed by atoms with van der Waals surface area (Å²) in [5.74, 6) is 0. The molecule has 14 heavy (non-hydrogen) atoms. The first kappa shape index (κ1) is 9.57. The molecule has 0 saturated heterocycles. The van der Waals surface area contributed by atoms with Crippen LogP contribution in [0.3, 0.4) is 0 Å². The van der Waals surface area contributed by atoms with Crippen molar-refractivity contribution in [2.45, 2.75) is 6.42 Å². The number of hydrogen-bond acceptors (Lipinski definition) is 2. The van der Waals surface area contributed by atoms with Gasteiger partial charge in [0, 0.05) is 21.0 Å². The van der Waals surface area contributed by atoms with Gasteiger partial charge < -0.3 is 4.52 Å². The number of hydrogen-bond donors (Lipinski definition) is 0. The maximum atomic E-state index is 4.95. The molecule has 0 aliphatic rings. The van der Waals surface area contributed by atoms with Crippen LogP contribution in [-0.2, 0) is 10.9 Å². The highest BCUT2D eigenvalue weighted by atomic mass is 31.0. The Hall–Kier alpha value is -0.980. The highest BCUT2D eigenvalue weighted by Gasteiger charge is 1.96. The second-order valence-corrected chi connectivity index (χ2v) is 3.49. The largest absolute Gasteiger partial charge is 0.365 e. The lowest BCUT2D eigenvalue weighted by Gasteiger charge is -2.01. The van der Waals surface area contributed by atoms with Crippen LogP contribution in [0, 0.1) is 0 Å². The monoisotopic (exact) mass is 205 g/mol. The smallest absolute Gasteiger partial charge is 0.0702 e. The molecule has 1 unspecified atom stereocenters. The van der Waals surface area contributed by atoms with E-state index in [2.05, 4.69) is 26.6 Å². The van der Waals surface area contributed by atoms with Gasteiger partial charge in [0.25, 0.3) is 0 Å². The highest BCUT2D eigenvalue weighted by Crippen LogP contribution is 2.13. The molecular weight excluding hydrogens is 193 g/mol. The molecule has 0 N–H and O–H groups in total. The van der Waals surface area contributed by atoms with Crippen LogP contribution >= 0.6 is 9.47 Å². The molecular formula is C11H12NOP. The lowest BCUT2D eigenvalue weighted by atomic mass is 10.1. The molecule has 1 heterocycles. The van der Waals surface area contributed by atoms with Crippen molar-refractivity contribution in [3.8, 4) is 0 Å². The number of rotatable bonds is 3. The van der Waals surface area contributed by atoms with Gasteiger partial charge in [-0.1, -0.05) is 18.2 Å². The summed E-state index contributed by atoms with van der Waals surface area (Å²) < 4.78 is 4.95. The van der Waals surface area contributed by atoms with Gasteiger partial charge in [0.1, 0.15) is 0 Å². The van der Waals surface area contributed by atoms with E-state index in [0.29, 0.717) is 6.61 Å². The topological polar surface area (TPSA) is 22.1 Å². The minimum Gasteiger partial charge on any atom is -0.365 e. The van der Waals surface area contributed by atoms with Crippen LogP contribution in [0.2, 0.25) is 0 Å². The van der Waals surface area contributed by atoms with Gasteiger partial charge in [-0.3, -0.25) is 4.98 Å². The number of para-hydroxylation sites is 1. The standard InChI is InChI=1S/C11H12NOP/c14-13-6-5-9-7-10-3-1-2-4-11(10)12-8-9/h1-4,7-8H,5-6,14H2. The van der Waals surface area contributed by atoms with Crippen LogP contribution in [0.5, 0.6) is 0 Å². The van der Waals surface area contributed by atoms with Crippen LogP contribution < -0.4 is 0 Å². The number of pyridine rings is 1. The van der Waals surface area contributed by atoms with Crippen molar-refractivity contribution in [3.05, 3.63) is 42.1 Å². The molecule has 0 saturated carbocycles. The van der Waals surface area contributed by atoms with E-state index < -0.39 is 0 Å². The van der Waals surface area contributed by atoms with Crippen LogP contribution in [0.25, 0.3) is 10.9 Å². The summed E-state index contributed by atoms with van der Waals surface area (Å²) in [4.78, 5) is 4.37. The van der Waals surface area contributed by atoms with E-state index in [1.807, 2.05) is 24.4 Å². The zero-order valence-electron chi connectivity index (χ0n) is 7.81. The SMILES string of the molecule is POCCc1cnc2ccccc2c1. The van der Waals surface area contributed by atoms with Gasteiger partial charge >= 0.3 is 0 Å². The van der Waals surface area contributed by atoms with Gasteiger partial charge in [-0.05, 0) is 24.1 Å². The second kappa shape index (κ2) is 4.50. The molecule has 0 spiro atoms. The summed E-state index contributed by atoms with van der Waals surface area (Å²) in [6.07, 6.45) is 2.81. The first-order valence-electron chi connectivity index (χ1n) is 4.55. The van der Waals surface area contributed by atoms with E-state index in [1.54, 1.807) is 0 Å². The van der Waals surface area contributed by atoms with Crippen molar-refractivity contribution >= 4 is 20.4 Å². The van der Waals surface area contributed by atoms with Crippen molar-refractivity contribution in [2.75, 3.05) is 6.61 Å². The lowest BCUT2D eigenvalue weighted by molar-refractivity contribution is 0.377. The summed E-state index contributed by atoms with van der Waals surface area (Å²) in [5, 5.41) is 1.19. The summed E-state index contributed by atoms with van der Waals surface area (Å²) in [7, 11) is 2.26. The van der Waals surface area contributed by atoms with Crippen LogP contribution in [0.1, 0.15) is 5.56 Å². The number of benzene rings is 1. The Labute approximate surface area is 85.6 Å². The Morgan fingerprint density at radius 1 is 1.29 bits per heavy atom. The third-order valence-corrected chi connectivity index (χ3v) is 2.39. The molecule has 0 aliphatic carbocycles. The normalized spacial score (nSPS) is 10.6. The molecule has 2 nitrogen and oxygen atoms in total. The van der Waals surface area contributed by atoms with Gasteiger partial charge in [-0.25, -0.2) is 0 Å². The predicted octanol–water partition coefficient (Wildman–Crippen LogP) is 2.58. The molecule has 72 valence electrons. The van der Waals surface area contributed by atoms with E-state index in [1.165, 1.54) is 10.9 Å². The van der Waals surface area contributed by atoms with Crippen molar-refractivity contribution in [3.63, 3.8) is 0 Å². The van der Waals surface area contributed by atoms with Gasteiger partial charge in [0.2, 0.25) is 0 Å². The Morgan fingerprint density at radius 2 is 2.14 bits per heavy atom. The first-order valence-corrected chi connectivity index (χ1v) is 5.02. The molecule has 0 amide bonds. The van der Waals surface area contributed by atoms with Crippen LogP contribution in [-0.4, -0.2) is 11.6 Å². The summed E-state index contributed by atoms with van der Waals surface area (Å²) >= 11 is 0. The quantitative estimate of drug-likeness (QED) is 0.718. The van der Waals surface area contributed by atoms with E-state index >= 15 is 0 Å². The van der Waals surface area contributed by atoms with Gasteiger partial charge in [0.15, 0.2) is 0 Å².